The number of nitrogens with one attached hydrogen (secondary N) is 1. The molecule has 0 spiro atoms. The first-order valence-electron chi connectivity index (χ1n) is 7.39. The van der Waals surface area contributed by atoms with Crippen molar-refractivity contribution in [2.24, 2.45) is 5.92 Å². The van der Waals surface area contributed by atoms with Crippen molar-refractivity contribution >= 4 is 11.6 Å². The van der Waals surface area contributed by atoms with Gasteiger partial charge in [0.05, 0.1) is 17.4 Å². The lowest BCUT2D eigenvalue weighted by molar-refractivity contribution is -0.386. The van der Waals surface area contributed by atoms with Crippen LogP contribution in [0, 0.1) is 29.9 Å². The van der Waals surface area contributed by atoms with E-state index in [-0.39, 0.29) is 23.6 Å². The van der Waals surface area contributed by atoms with E-state index in [9.17, 15) is 14.9 Å². The molecule has 1 aromatic rings. The summed E-state index contributed by atoms with van der Waals surface area (Å²) in [7, 11) is 0. The van der Waals surface area contributed by atoms with E-state index < -0.39 is 4.92 Å². The Hall–Kier alpha value is -1.92. The zero-order chi connectivity index (χ0) is 15.6. The minimum absolute atomic E-state index is 0.00268. The lowest BCUT2D eigenvalue weighted by Crippen LogP contribution is -2.38. The van der Waals surface area contributed by atoms with Gasteiger partial charge in [0, 0.05) is 6.04 Å². The van der Waals surface area contributed by atoms with Gasteiger partial charge in [-0.15, -0.1) is 0 Å². The van der Waals surface area contributed by atoms with Crippen LogP contribution in [0.15, 0.2) is 0 Å². The number of amides is 1. The van der Waals surface area contributed by atoms with E-state index >= 15 is 0 Å². The van der Waals surface area contributed by atoms with Crippen molar-refractivity contribution in [2.75, 3.05) is 0 Å². The van der Waals surface area contributed by atoms with Crippen LogP contribution < -0.4 is 5.32 Å². The largest absolute Gasteiger partial charge is 0.353 e. The first-order valence-corrected chi connectivity index (χ1v) is 7.39. The van der Waals surface area contributed by atoms with Gasteiger partial charge in [-0.25, -0.2) is 0 Å². The average molecular weight is 294 g/mol. The van der Waals surface area contributed by atoms with Gasteiger partial charge in [-0.05, 0) is 26.7 Å². The number of rotatable bonds is 5. The number of aromatic nitrogens is 2. The maximum atomic E-state index is 12.2. The summed E-state index contributed by atoms with van der Waals surface area (Å²) in [6.07, 6.45) is 4.43. The summed E-state index contributed by atoms with van der Waals surface area (Å²) in [6.45, 7) is 5.47. The van der Waals surface area contributed by atoms with Crippen molar-refractivity contribution in [2.45, 2.75) is 59.0 Å². The van der Waals surface area contributed by atoms with Gasteiger partial charge in [-0.2, -0.15) is 5.10 Å². The maximum Gasteiger partial charge on any atom is 0.312 e. The highest BCUT2D eigenvalue weighted by Crippen LogP contribution is 2.23. The van der Waals surface area contributed by atoms with Gasteiger partial charge in [0.1, 0.15) is 11.4 Å². The molecule has 1 aliphatic rings. The summed E-state index contributed by atoms with van der Waals surface area (Å²) in [5.74, 6) is -0.264. The molecular weight excluding hydrogens is 272 g/mol. The van der Waals surface area contributed by atoms with Crippen molar-refractivity contribution in [3.05, 3.63) is 21.5 Å². The second-order valence-electron chi connectivity index (χ2n) is 5.85. The SMILES string of the molecule is Cc1nn(CC(C)C(=O)NC2CCCC2)c(C)c1[N+](=O)[O-]. The molecule has 1 unspecified atom stereocenters. The number of carbonyl (C=O) groups excluding carboxylic acids is 1. The van der Waals surface area contributed by atoms with Crippen molar-refractivity contribution in [3.63, 3.8) is 0 Å². The molecule has 1 heterocycles. The minimum atomic E-state index is -0.419. The molecule has 0 aliphatic heterocycles. The summed E-state index contributed by atoms with van der Waals surface area (Å²) in [5, 5.41) is 18.2. The fourth-order valence-electron chi connectivity index (χ4n) is 2.89. The van der Waals surface area contributed by atoms with Crippen LogP contribution in [-0.2, 0) is 11.3 Å². The fourth-order valence-corrected chi connectivity index (χ4v) is 2.89. The lowest BCUT2D eigenvalue weighted by Gasteiger charge is -2.17. The predicted molar refractivity (Wildman–Crippen MR) is 77.9 cm³/mol. The van der Waals surface area contributed by atoms with E-state index in [1.165, 1.54) is 12.8 Å². The van der Waals surface area contributed by atoms with E-state index in [2.05, 4.69) is 10.4 Å². The molecule has 21 heavy (non-hydrogen) atoms. The number of hydrogen-bond donors (Lipinski definition) is 1. The molecule has 1 N–H and O–H groups in total. The Balaban J connectivity index is 2.02. The molecule has 1 aliphatic carbocycles. The summed E-state index contributed by atoms with van der Waals surface area (Å²) in [4.78, 5) is 22.7. The summed E-state index contributed by atoms with van der Waals surface area (Å²) in [6, 6.07) is 0.287. The number of nitrogens with zero attached hydrogens (tertiary/aromatic N) is 3. The normalized spacial score (nSPS) is 16.9. The van der Waals surface area contributed by atoms with Gasteiger partial charge in [-0.3, -0.25) is 19.6 Å². The Kier molecular flexibility index (Phi) is 4.59. The van der Waals surface area contributed by atoms with Crippen molar-refractivity contribution in [3.8, 4) is 0 Å². The standard InChI is InChI=1S/C14H22N4O3/c1-9(14(19)15-12-6-4-5-7-12)8-17-11(3)13(18(20)21)10(2)16-17/h9,12H,4-8H2,1-3H3,(H,15,19). The summed E-state index contributed by atoms with van der Waals surface area (Å²) in [5.41, 5.74) is 0.928. The molecular formula is C14H22N4O3. The molecule has 0 saturated heterocycles. The highest BCUT2D eigenvalue weighted by Gasteiger charge is 2.25. The quantitative estimate of drug-likeness (QED) is 0.665. The van der Waals surface area contributed by atoms with Crippen molar-refractivity contribution < 1.29 is 9.72 Å². The zero-order valence-corrected chi connectivity index (χ0v) is 12.8. The molecule has 0 aromatic carbocycles. The first kappa shape index (κ1) is 15.5. The Morgan fingerprint density at radius 3 is 2.62 bits per heavy atom. The van der Waals surface area contributed by atoms with Crippen LogP contribution in [0.1, 0.15) is 44.0 Å². The van der Waals surface area contributed by atoms with Crippen molar-refractivity contribution in [1.82, 2.24) is 15.1 Å². The van der Waals surface area contributed by atoms with Gasteiger partial charge >= 0.3 is 5.69 Å². The van der Waals surface area contributed by atoms with E-state index in [1.807, 2.05) is 6.92 Å². The molecule has 1 saturated carbocycles. The summed E-state index contributed by atoms with van der Waals surface area (Å²) >= 11 is 0. The molecule has 1 fully saturated rings. The number of aryl methyl sites for hydroxylation is 1. The number of hydrogen-bond acceptors (Lipinski definition) is 4. The molecule has 7 nitrogen and oxygen atoms in total. The third-order valence-corrected chi connectivity index (χ3v) is 4.12. The van der Waals surface area contributed by atoms with Gasteiger partial charge in [0.2, 0.25) is 5.91 Å². The van der Waals surface area contributed by atoms with Crippen LogP contribution in [0.2, 0.25) is 0 Å². The molecule has 7 heteroatoms. The topological polar surface area (TPSA) is 90.1 Å². The van der Waals surface area contributed by atoms with Crippen LogP contribution in [0.4, 0.5) is 5.69 Å². The predicted octanol–water partition coefficient (Wildman–Crippen LogP) is 2.10. The Labute approximate surface area is 123 Å². The Morgan fingerprint density at radius 1 is 1.48 bits per heavy atom. The maximum absolute atomic E-state index is 12.2. The van der Waals surface area contributed by atoms with Gasteiger partial charge in [0.15, 0.2) is 0 Å². The van der Waals surface area contributed by atoms with Crippen LogP contribution in [0.5, 0.6) is 0 Å². The lowest BCUT2D eigenvalue weighted by atomic mass is 10.1. The van der Waals surface area contributed by atoms with Crippen LogP contribution in [-0.4, -0.2) is 26.7 Å². The van der Waals surface area contributed by atoms with Crippen LogP contribution >= 0.6 is 0 Å². The zero-order valence-electron chi connectivity index (χ0n) is 12.8. The molecule has 1 amide bonds. The summed E-state index contributed by atoms with van der Waals surface area (Å²) < 4.78 is 1.56. The smallest absolute Gasteiger partial charge is 0.312 e. The van der Waals surface area contributed by atoms with E-state index in [1.54, 1.807) is 18.5 Å². The molecule has 0 radical (unpaired) electrons. The minimum Gasteiger partial charge on any atom is -0.353 e. The molecule has 1 atom stereocenters. The fraction of sp³-hybridized carbons (Fsp3) is 0.714. The number of carbonyl (C=O) groups is 1. The van der Waals surface area contributed by atoms with Gasteiger partial charge in [-0.1, -0.05) is 19.8 Å². The van der Waals surface area contributed by atoms with E-state index in [0.29, 0.717) is 17.9 Å². The molecule has 0 bridgehead atoms. The van der Waals surface area contributed by atoms with E-state index in [4.69, 9.17) is 0 Å². The third-order valence-electron chi connectivity index (χ3n) is 4.12. The average Bonchev–Trinajstić information content (AvgIpc) is 2.98. The Bertz CT molecular complexity index is 547. The highest BCUT2D eigenvalue weighted by atomic mass is 16.6. The van der Waals surface area contributed by atoms with Gasteiger partial charge in [0.25, 0.3) is 0 Å². The van der Waals surface area contributed by atoms with Crippen LogP contribution in [0.25, 0.3) is 0 Å². The molecule has 116 valence electrons. The molecule has 1 aromatic heterocycles. The first-order chi connectivity index (χ1) is 9.90. The number of nitro groups is 1. The van der Waals surface area contributed by atoms with Crippen molar-refractivity contribution in [1.29, 1.82) is 0 Å². The monoisotopic (exact) mass is 294 g/mol. The van der Waals surface area contributed by atoms with E-state index in [0.717, 1.165) is 12.8 Å². The Morgan fingerprint density at radius 2 is 2.10 bits per heavy atom. The highest BCUT2D eigenvalue weighted by molar-refractivity contribution is 5.78. The second kappa shape index (κ2) is 6.24. The van der Waals surface area contributed by atoms with Gasteiger partial charge < -0.3 is 5.32 Å². The van der Waals surface area contributed by atoms with Crippen LogP contribution in [0.3, 0.4) is 0 Å². The molecule has 2 rings (SSSR count). The second-order valence-corrected chi connectivity index (χ2v) is 5.85. The third kappa shape index (κ3) is 3.40.